The number of carbonyl (C=O) groups excluding carboxylic acids is 1. The van der Waals surface area contributed by atoms with Gasteiger partial charge in [0.2, 0.25) is 0 Å². The molecule has 0 unspecified atom stereocenters. The topological polar surface area (TPSA) is 130 Å². The van der Waals surface area contributed by atoms with E-state index in [0.29, 0.717) is 22.6 Å². The van der Waals surface area contributed by atoms with Crippen LogP contribution in [0, 0.1) is 13.8 Å². The number of aromatic amines is 1. The Hall–Kier alpha value is -3.79. The van der Waals surface area contributed by atoms with Crippen molar-refractivity contribution in [3.8, 4) is 0 Å². The monoisotopic (exact) mass is 422 g/mol. The lowest BCUT2D eigenvalue weighted by molar-refractivity contribution is 0.102. The van der Waals surface area contributed by atoms with Crippen molar-refractivity contribution in [3.05, 3.63) is 71.8 Å². The summed E-state index contributed by atoms with van der Waals surface area (Å²) in [4.78, 5) is 20.8. The van der Waals surface area contributed by atoms with Crippen LogP contribution < -0.4 is 10.0 Å². The second-order valence-corrected chi connectivity index (χ2v) is 8.33. The highest BCUT2D eigenvalue weighted by atomic mass is 32.2. The molecule has 0 radical (unpaired) electrons. The quantitative estimate of drug-likeness (QED) is 0.453. The summed E-state index contributed by atoms with van der Waals surface area (Å²) in [6, 6.07) is 14.7. The second kappa shape index (κ2) is 7.56. The third kappa shape index (κ3) is 3.98. The molecule has 9 nitrogen and oxygen atoms in total. The highest BCUT2D eigenvalue weighted by Crippen LogP contribution is 2.20. The van der Waals surface area contributed by atoms with Gasteiger partial charge in [-0.1, -0.05) is 18.2 Å². The largest absolute Gasteiger partial charge is 0.321 e. The molecule has 4 aromatic rings. The van der Waals surface area contributed by atoms with Gasteiger partial charge in [-0.2, -0.15) is 5.10 Å². The molecule has 0 aliphatic carbocycles. The zero-order valence-corrected chi connectivity index (χ0v) is 17.0. The fourth-order valence-electron chi connectivity index (χ4n) is 3.01. The fraction of sp³-hybridized carbons (Fsp3) is 0.100. The van der Waals surface area contributed by atoms with Gasteiger partial charge in [0.25, 0.3) is 15.9 Å². The standard InChI is InChI=1S/C20H18N6O3S/c1-12-11-18(22-13(2)21-12)26-30(28,29)15-9-7-14(8-10-15)23-20(27)19-16-5-3-4-6-17(16)24-25-19/h3-11H,1-2H3,(H,23,27)(H,24,25)(H,21,22,26). The van der Waals surface area contributed by atoms with Crippen molar-refractivity contribution in [3.63, 3.8) is 0 Å². The van der Waals surface area contributed by atoms with Gasteiger partial charge in [0, 0.05) is 22.8 Å². The summed E-state index contributed by atoms with van der Waals surface area (Å²) in [7, 11) is -3.83. The molecular weight excluding hydrogens is 404 g/mol. The van der Waals surface area contributed by atoms with Crippen LogP contribution in [0.1, 0.15) is 22.0 Å². The number of aromatic nitrogens is 4. The average Bonchev–Trinajstić information content (AvgIpc) is 3.11. The Kier molecular flexibility index (Phi) is 4.92. The molecule has 0 atom stereocenters. The van der Waals surface area contributed by atoms with Crippen LogP contribution in [-0.4, -0.2) is 34.5 Å². The van der Waals surface area contributed by atoms with Gasteiger partial charge in [-0.3, -0.25) is 14.6 Å². The maximum absolute atomic E-state index is 12.6. The maximum Gasteiger partial charge on any atom is 0.276 e. The summed E-state index contributed by atoms with van der Waals surface area (Å²) in [6.45, 7) is 3.44. The Morgan fingerprint density at radius 3 is 2.47 bits per heavy atom. The SMILES string of the molecule is Cc1cc(NS(=O)(=O)c2ccc(NC(=O)c3n[nH]c4ccccc34)cc2)nc(C)n1. The van der Waals surface area contributed by atoms with E-state index in [2.05, 4.69) is 30.2 Å². The van der Waals surface area contributed by atoms with Crippen LogP contribution in [0.2, 0.25) is 0 Å². The predicted molar refractivity (Wildman–Crippen MR) is 113 cm³/mol. The third-order valence-electron chi connectivity index (χ3n) is 4.31. The number of para-hydroxylation sites is 1. The number of rotatable bonds is 5. The Morgan fingerprint density at radius 2 is 1.73 bits per heavy atom. The van der Waals surface area contributed by atoms with Crippen molar-refractivity contribution in [1.82, 2.24) is 20.2 Å². The van der Waals surface area contributed by atoms with E-state index < -0.39 is 15.9 Å². The number of aryl methyl sites for hydroxylation is 2. The Bertz CT molecular complexity index is 1330. The van der Waals surface area contributed by atoms with E-state index in [9.17, 15) is 13.2 Å². The Balaban J connectivity index is 1.51. The van der Waals surface area contributed by atoms with Gasteiger partial charge in [0.1, 0.15) is 11.6 Å². The fourth-order valence-corrected chi connectivity index (χ4v) is 4.00. The summed E-state index contributed by atoms with van der Waals surface area (Å²) in [5.74, 6) is 0.271. The van der Waals surface area contributed by atoms with Crippen LogP contribution in [0.3, 0.4) is 0 Å². The number of H-pyrrole nitrogens is 1. The van der Waals surface area contributed by atoms with Gasteiger partial charge in [0.05, 0.1) is 10.4 Å². The molecule has 2 aromatic carbocycles. The van der Waals surface area contributed by atoms with Crippen LogP contribution in [0.25, 0.3) is 10.9 Å². The Morgan fingerprint density at radius 1 is 1.00 bits per heavy atom. The number of benzene rings is 2. The lowest BCUT2D eigenvalue weighted by atomic mass is 10.2. The highest BCUT2D eigenvalue weighted by molar-refractivity contribution is 7.92. The molecule has 3 N–H and O–H groups in total. The van der Waals surface area contributed by atoms with Gasteiger partial charge in [0.15, 0.2) is 5.69 Å². The molecule has 0 saturated heterocycles. The van der Waals surface area contributed by atoms with E-state index in [1.807, 2.05) is 18.2 Å². The first-order valence-electron chi connectivity index (χ1n) is 9.01. The number of anilines is 2. The smallest absolute Gasteiger partial charge is 0.276 e. The number of nitrogens with one attached hydrogen (secondary N) is 3. The van der Waals surface area contributed by atoms with E-state index in [1.165, 1.54) is 24.3 Å². The minimum absolute atomic E-state index is 0.0413. The minimum atomic E-state index is -3.83. The van der Waals surface area contributed by atoms with Crippen molar-refractivity contribution >= 4 is 38.3 Å². The number of fused-ring (bicyclic) bond motifs is 1. The van der Waals surface area contributed by atoms with Gasteiger partial charge >= 0.3 is 0 Å². The first-order valence-corrected chi connectivity index (χ1v) is 10.5. The molecule has 2 heterocycles. The summed E-state index contributed by atoms with van der Waals surface area (Å²) < 4.78 is 27.7. The van der Waals surface area contributed by atoms with Crippen molar-refractivity contribution < 1.29 is 13.2 Å². The Labute approximate surface area is 172 Å². The van der Waals surface area contributed by atoms with Gasteiger partial charge in [-0.15, -0.1) is 0 Å². The highest BCUT2D eigenvalue weighted by Gasteiger charge is 2.17. The van der Waals surface area contributed by atoms with E-state index in [-0.39, 0.29) is 16.4 Å². The minimum Gasteiger partial charge on any atom is -0.321 e. The van der Waals surface area contributed by atoms with Crippen molar-refractivity contribution in [2.45, 2.75) is 18.7 Å². The summed E-state index contributed by atoms with van der Waals surface area (Å²) in [5, 5.41) is 10.3. The third-order valence-corrected chi connectivity index (χ3v) is 5.68. The molecule has 10 heteroatoms. The van der Waals surface area contributed by atoms with Gasteiger partial charge < -0.3 is 5.32 Å². The summed E-state index contributed by atoms with van der Waals surface area (Å²) >= 11 is 0. The number of hydrogen-bond acceptors (Lipinski definition) is 6. The van der Waals surface area contributed by atoms with Crippen LogP contribution in [-0.2, 0) is 10.0 Å². The molecule has 0 aliphatic heterocycles. The van der Waals surface area contributed by atoms with E-state index in [4.69, 9.17) is 0 Å². The van der Waals surface area contributed by atoms with Crippen molar-refractivity contribution in [1.29, 1.82) is 0 Å². The van der Waals surface area contributed by atoms with Crippen molar-refractivity contribution in [2.24, 2.45) is 0 Å². The molecule has 1 amide bonds. The molecule has 2 aromatic heterocycles. The van der Waals surface area contributed by atoms with E-state index >= 15 is 0 Å². The average molecular weight is 422 g/mol. The molecule has 0 bridgehead atoms. The molecule has 0 saturated carbocycles. The van der Waals surface area contributed by atoms with Crippen LogP contribution in [0.15, 0.2) is 59.5 Å². The number of nitrogens with zero attached hydrogens (tertiary/aromatic N) is 3. The first kappa shape index (κ1) is 19.5. The summed E-state index contributed by atoms with van der Waals surface area (Å²) in [5.41, 5.74) is 2.12. The molecular formula is C20H18N6O3S. The maximum atomic E-state index is 12.6. The molecule has 0 spiro atoms. The molecule has 4 rings (SSSR count). The van der Waals surface area contributed by atoms with E-state index in [1.54, 1.807) is 26.0 Å². The molecule has 0 aliphatic rings. The van der Waals surface area contributed by atoms with Crippen LogP contribution in [0.5, 0.6) is 0 Å². The zero-order valence-electron chi connectivity index (χ0n) is 16.2. The number of amides is 1. The zero-order chi connectivity index (χ0) is 21.3. The predicted octanol–water partition coefficient (Wildman–Crippen LogP) is 3.02. The lowest BCUT2D eigenvalue weighted by Crippen LogP contribution is -2.15. The van der Waals surface area contributed by atoms with Crippen LogP contribution in [0.4, 0.5) is 11.5 Å². The molecule has 30 heavy (non-hydrogen) atoms. The molecule has 0 fully saturated rings. The second-order valence-electron chi connectivity index (χ2n) is 6.64. The van der Waals surface area contributed by atoms with Crippen LogP contribution >= 0.6 is 0 Å². The number of carbonyl (C=O) groups is 1. The number of hydrogen-bond donors (Lipinski definition) is 3. The van der Waals surface area contributed by atoms with Crippen molar-refractivity contribution in [2.75, 3.05) is 10.0 Å². The first-order chi connectivity index (χ1) is 14.3. The molecule has 152 valence electrons. The normalized spacial score (nSPS) is 11.4. The van der Waals surface area contributed by atoms with Gasteiger partial charge in [-0.25, -0.2) is 18.4 Å². The van der Waals surface area contributed by atoms with Gasteiger partial charge in [-0.05, 0) is 44.2 Å². The lowest BCUT2D eigenvalue weighted by Gasteiger charge is -2.09. The summed E-state index contributed by atoms with van der Waals surface area (Å²) in [6.07, 6.45) is 0. The van der Waals surface area contributed by atoms with E-state index in [0.717, 1.165) is 5.52 Å². The number of sulfonamides is 1.